The summed E-state index contributed by atoms with van der Waals surface area (Å²) in [5, 5.41) is 7.00. The molecule has 1 aliphatic rings. The van der Waals surface area contributed by atoms with Crippen molar-refractivity contribution in [3.63, 3.8) is 0 Å². The molecule has 28 heavy (non-hydrogen) atoms. The molecule has 2 heterocycles. The fourth-order valence-electron chi connectivity index (χ4n) is 2.54. The molecule has 0 amide bonds. The molecular weight excluding hydrogens is 408 g/mol. The number of fused-ring (bicyclic) bond motifs is 1. The van der Waals surface area contributed by atoms with Crippen LogP contribution in [0, 0.1) is 0 Å². The van der Waals surface area contributed by atoms with Crippen molar-refractivity contribution in [1.29, 1.82) is 0 Å². The number of nitrogens with zero attached hydrogens (tertiary/aromatic N) is 2. The first-order valence-electron chi connectivity index (χ1n) is 8.86. The Hall–Kier alpha value is -1.88. The number of rotatable bonds is 8. The van der Waals surface area contributed by atoms with E-state index < -0.39 is 10.0 Å². The second-order valence-corrected chi connectivity index (χ2v) is 8.07. The lowest BCUT2D eigenvalue weighted by Gasteiger charge is -2.10. The molecule has 2 N–H and O–H groups in total. The van der Waals surface area contributed by atoms with Gasteiger partial charge < -0.3 is 19.3 Å². The molecule has 9 nitrogen and oxygen atoms in total. The molecule has 0 fully saturated rings. The molecule has 0 spiro atoms. The van der Waals surface area contributed by atoms with Crippen LogP contribution in [0.1, 0.15) is 25.1 Å². The summed E-state index contributed by atoms with van der Waals surface area (Å²) in [4.78, 5) is 4.40. The molecule has 1 aliphatic heterocycles. The summed E-state index contributed by atoms with van der Waals surface area (Å²) < 4.78 is 43.8. The van der Waals surface area contributed by atoms with Gasteiger partial charge in [-0.3, -0.25) is 0 Å². The van der Waals surface area contributed by atoms with Crippen molar-refractivity contribution in [2.45, 2.75) is 37.1 Å². The van der Waals surface area contributed by atoms with Crippen molar-refractivity contribution < 1.29 is 22.4 Å². The smallest absolute Gasteiger partial charge is 0.240 e. The third-order valence-electron chi connectivity index (χ3n) is 4.15. The van der Waals surface area contributed by atoms with Crippen LogP contribution in [0.2, 0.25) is 0 Å². The van der Waals surface area contributed by atoms with E-state index in [2.05, 4.69) is 20.2 Å². The molecule has 0 bridgehead atoms. The van der Waals surface area contributed by atoms with E-state index in [1.807, 2.05) is 14.0 Å². The van der Waals surface area contributed by atoms with Gasteiger partial charge in [0, 0.05) is 37.9 Å². The Morgan fingerprint density at radius 3 is 2.71 bits per heavy atom. The largest absolute Gasteiger partial charge is 0.490 e. The maximum Gasteiger partial charge on any atom is 0.240 e. The van der Waals surface area contributed by atoms with E-state index in [9.17, 15) is 8.42 Å². The minimum absolute atomic E-state index is 0. The maximum atomic E-state index is 12.5. The Labute approximate surface area is 170 Å². The molecule has 0 aliphatic carbocycles. The highest BCUT2D eigenvalue weighted by Gasteiger charge is 2.19. The van der Waals surface area contributed by atoms with Crippen LogP contribution >= 0.6 is 12.4 Å². The van der Waals surface area contributed by atoms with Crippen LogP contribution in [0.3, 0.4) is 0 Å². The van der Waals surface area contributed by atoms with Gasteiger partial charge in [0.25, 0.3) is 0 Å². The molecule has 156 valence electrons. The van der Waals surface area contributed by atoms with Gasteiger partial charge in [0.05, 0.1) is 18.1 Å². The fraction of sp³-hybridized carbons (Fsp3) is 0.529. The quantitative estimate of drug-likeness (QED) is 0.641. The van der Waals surface area contributed by atoms with Crippen molar-refractivity contribution in [3.8, 4) is 11.5 Å². The zero-order chi connectivity index (χ0) is 19.3. The Kier molecular flexibility index (Phi) is 8.05. The summed E-state index contributed by atoms with van der Waals surface area (Å²) in [7, 11) is -1.82. The minimum atomic E-state index is -3.68. The van der Waals surface area contributed by atoms with Gasteiger partial charge in [0.15, 0.2) is 17.3 Å². The van der Waals surface area contributed by atoms with Crippen molar-refractivity contribution >= 4 is 22.4 Å². The van der Waals surface area contributed by atoms with Gasteiger partial charge in [-0.25, -0.2) is 13.1 Å². The number of halogens is 1. The molecular formula is C17H25ClN4O5S. The first kappa shape index (κ1) is 22.4. The van der Waals surface area contributed by atoms with Gasteiger partial charge in [-0.05, 0) is 26.1 Å². The van der Waals surface area contributed by atoms with Crippen molar-refractivity contribution in [1.82, 2.24) is 20.2 Å². The summed E-state index contributed by atoms with van der Waals surface area (Å²) in [6.45, 7) is 3.21. The highest BCUT2D eigenvalue weighted by Crippen LogP contribution is 2.31. The normalized spacial score (nSPS) is 14.8. The van der Waals surface area contributed by atoms with Crippen LogP contribution in [-0.2, 0) is 22.9 Å². The van der Waals surface area contributed by atoms with E-state index in [4.69, 9.17) is 14.0 Å². The first-order chi connectivity index (χ1) is 13.0. The average Bonchev–Trinajstić information content (AvgIpc) is 2.95. The highest BCUT2D eigenvalue weighted by atomic mass is 35.5. The molecule has 3 rings (SSSR count). The lowest BCUT2D eigenvalue weighted by Crippen LogP contribution is -2.26. The monoisotopic (exact) mass is 432 g/mol. The van der Waals surface area contributed by atoms with Crippen LogP contribution in [0.15, 0.2) is 27.6 Å². The third kappa shape index (κ3) is 5.81. The summed E-state index contributed by atoms with van der Waals surface area (Å²) in [6, 6.07) is 4.82. The molecule has 1 aromatic carbocycles. The highest BCUT2D eigenvalue weighted by molar-refractivity contribution is 7.89. The number of sulfonamides is 1. The molecule has 0 saturated carbocycles. The molecule has 1 aromatic heterocycles. The van der Waals surface area contributed by atoms with Gasteiger partial charge in [0.2, 0.25) is 15.9 Å². The predicted octanol–water partition coefficient (Wildman–Crippen LogP) is 1.32. The van der Waals surface area contributed by atoms with Gasteiger partial charge >= 0.3 is 0 Å². The zero-order valence-corrected chi connectivity index (χ0v) is 17.4. The lowest BCUT2D eigenvalue weighted by atomic mass is 10.2. The van der Waals surface area contributed by atoms with E-state index in [0.717, 1.165) is 6.42 Å². The van der Waals surface area contributed by atoms with E-state index in [1.54, 1.807) is 6.07 Å². The summed E-state index contributed by atoms with van der Waals surface area (Å²) >= 11 is 0. The number of benzene rings is 1. The number of ether oxygens (including phenoxy) is 2. The predicted molar refractivity (Wildman–Crippen MR) is 105 cm³/mol. The fourth-order valence-corrected chi connectivity index (χ4v) is 3.58. The lowest BCUT2D eigenvalue weighted by molar-refractivity contribution is 0.297. The molecule has 0 radical (unpaired) electrons. The number of nitrogens with one attached hydrogen (secondary N) is 2. The number of hydrogen-bond acceptors (Lipinski definition) is 8. The van der Waals surface area contributed by atoms with Gasteiger partial charge in [-0.1, -0.05) is 5.16 Å². The first-order valence-corrected chi connectivity index (χ1v) is 10.3. The van der Waals surface area contributed by atoms with Gasteiger partial charge in [-0.15, -0.1) is 12.4 Å². The Balaban J connectivity index is 0.00000280. The van der Waals surface area contributed by atoms with E-state index in [0.29, 0.717) is 49.3 Å². The van der Waals surface area contributed by atoms with E-state index in [-0.39, 0.29) is 29.9 Å². The Morgan fingerprint density at radius 2 is 1.96 bits per heavy atom. The summed E-state index contributed by atoms with van der Waals surface area (Å²) in [6.07, 6.45) is 1.71. The van der Waals surface area contributed by atoms with Crippen LogP contribution < -0.4 is 19.5 Å². The minimum Gasteiger partial charge on any atom is -0.490 e. The van der Waals surface area contributed by atoms with Crippen molar-refractivity contribution in [3.05, 3.63) is 29.9 Å². The zero-order valence-electron chi connectivity index (χ0n) is 15.8. The number of hydrogen-bond donors (Lipinski definition) is 2. The Bertz CT molecular complexity index is 874. The van der Waals surface area contributed by atoms with Crippen molar-refractivity contribution in [2.75, 3.05) is 26.8 Å². The van der Waals surface area contributed by atoms with Crippen LogP contribution in [0.25, 0.3) is 0 Å². The number of aromatic nitrogens is 2. The molecule has 1 unspecified atom stereocenters. The SMILES string of the molecule is CNC(C)Cc1noc(CCNS(=O)(=O)c2ccc3c(c2)OCCCO3)n1.Cl. The molecule has 2 aromatic rings. The molecule has 1 atom stereocenters. The van der Waals surface area contributed by atoms with Gasteiger partial charge in [-0.2, -0.15) is 4.98 Å². The summed E-state index contributed by atoms with van der Waals surface area (Å²) in [5.74, 6) is 1.99. The number of likely N-dealkylation sites (N-methyl/N-ethyl adjacent to an activating group) is 1. The van der Waals surface area contributed by atoms with Crippen LogP contribution in [-0.4, -0.2) is 51.4 Å². The standard InChI is InChI=1S/C17H24N4O5S.ClH/c1-12(18-2)10-16-20-17(26-21-16)6-7-19-27(22,23)13-4-5-14-15(11-13)25-9-3-8-24-14;/h4-5,11-12,18-19H,3,6-10H2,1-2H3;1H. The van der Waals surface area contributed by atoms with Crippen molar-refractivity contribution in [2.24, 2.45) is 0 Å². The van der Waals surface area contributed by atoms with Crippen LogP contribution in [0.4, 0.5) is 0 Å². The molecule has 0 saturated heterocycles. The van der Waals surface area contributed by atoms with E-state index in [1.165, 1.54) is 12.1 Å². The third-order valence-corrected chi connectivity index (χ3v) is 5.61. The second kappa shape index (κ2) is 10.1. The summed E-state index contributed by atoms with van der Waals surface area (Å²) in [5.41, 5.74) is 0. The topological polar surface area (TPSA) is 116 Å². The maximum absolute atomic E-state index is 12.5. The molecule has 11 heteroatoms. The average molecular weight is 433 g/mol. The van der Waals surface area contributed by atoms with Crippen LogP contribution in [0.5, 0.6) is 11.5 Å². The van der Waals surface area contributed by atoms with E-state index >= 15 is 0 Å². The van der Waals surface area contributed by atoms with Gasteiger partial charge in [0.1, 0.15) is 0 Å². The second-order valence-electron chi connectivity index (χ2n) is 6.30. The Morgan fingerprint density at radius 1 is 1.21 bits per heavy atom.